The first-order valence-electron chi connectivity index (χ1n) is 1.99. The second-order valence-electron chi connectivity index (χ2n) is 1.16. The average molecular weight is 117 g/mol. The van der Waals surface area contributed by atoms with Gasteiger partial charge in [0.25, 0.3) is 0 Å². The number of hydrogen-bond acceptors (Lipinski definition) is 3. The molecule has 0 aromatic heterocycles. The van der Waals surface area contributed by atoms with E-state index in [2.05, 4.69) is 9.99 Å². The molecule has 0 aromatic rings. The van der Waals surface area contributed by atoms with Gasteiger partial charge in [-0.1, -0.05) is 5.16 Å². The molecule has 0 saturated carbocycles. The molecule has 0 unspecified atom stereocenters. The minimum atomic E-state index is -1.06. The molecule has 0 fully saturated rings. The van der Waals surface area contributed by atoms with Crippen LogP contribution >= 0.6 is 0 Å². The third-order valence-corrected chi connectivity index (χ3v) is 0.538. The summed E-state index contributed by atoms with van der Waals surface area (Å²) >= 11 is 0. The Morgan fingerprint density at radius 2 is 2.25 bits per heavy atom. The summed E-state index contributed by atoms with van der Waals surface area (Å²) in [6.45, 7) is 1.35. The van der Waals surface area contributed by atoms with Crippen LogP contribution in [0.2, 0.25) is 0 Å². The molecule has 0 amide bonds. The number of carboxylic acids is 1. The summed E-state index contributed by atoms with van der Waals surface area (Å²) in [5.74, 6) is -1.06. The van der Waals surface area contributed by atoms with E-state index >= 15 is 0 Å². The zero-order valence-corrected chi connectivity index (χ0v) is 4.71. The number of carboxylic acid groups (broad SMARTS) is 1. The summed E-state index contributed by atoms with van der Waals surface area (Å²) in [7, 11) is 1.30. The van der Waals surface area contributed by atoms with Crippen LogP contribution in [0.3, 0.4) is 0 Å². The van der Waals surface area contributed by atoms with Gasteiger partial charge in [-0.25, -0.2) is 4.79 Å². The van der Waals surface area contributed by atoms with E-state index in [1.165, 1.54) is 14.0 Å². The first-order chi connectivity index (χ1) is 3.68. The summed E-state index contributed by atoms with van der Waals surface area (Å²) in [5.41, 5.74) is -0.0486. The molecule has 46 valence electrons. The first-order valence-corrected chi connectivity index (χ1v) is 1.99. The summed E-state index contributed by atoms with van der Waals surface area (Å²) < 4.78 is 0. The van der Waals surface area contributed by atoms with Crippen LogP contribution in [0.1, 0.15) is 6.92 Å². The maximum Gasteiger partial charge on any atom is 0.353 e. The summed E-state index contributed by atoms with van der Waals surface area (Å²) in [6.07, 6.45) is 0. The van der Waals surface area contributed by atoms with Crippen molar-refractivity contribution >= 4 is 11.7 Å². The Morgan fingerprint density at radius 1 is 1.75 bits per heavy atom. The molecule has 0 heterocycles. The van der Waals surface area contributed by atoms with Crippen molar-refractivity contribution in [2.75, 3.05) is 7.11 Å². The van der Waals surface area contributed by atoms with Gasteiger partial charge in [0.05, 0.1) is 0 Å². The molecule has 4 heteroatoms. The molecular formula is C4H7NO3. The number of rotatable bonds is 2. The highest BCUT2D eigenvalue weighted by Gasteiger charge is 1.99. The van der Waals surface area contributed by atoms with E-state index in [4.69, 9.17) is 5.11 Å². The lowest BCUT2D eigenvalue weighted by Crippen LogP contribution is -2.07. The molecule has 0 bridgehead atoms. The van der Waals surface area contributed by atoms with Gasteiger partial charge in [0, 0.05) is 0 Å². The molecule has 0 aliphatic rings. The maximum atomic E-state index is 9.88. The summed E-state index contributed by atoms with van der Waals surface area (Å²) in [6, 6.07) is 0. The number of hydrogen-bond donors (Lipinski definition) is 1. The van der Waals surface area contributed by atoms with Crippen LogP contribution in [0.5, 0.6) is 0 Å². The van der Waals surface area contributed by atoms with Gasteiger partial charge in [-0.05, 0) is 6.92 Å². The average Bonchev–Trinajstić information content (AvgIpc) is 1.67. The van der Waals surface area contributed by atoms with Crippen molar-refractivity contribution in [2.45, 2.75) is 6.92 Å². The van der Waals surface area contributed by atoms with Gasteiger partial charge in [0.1, 0.15) is 7.11 Å². The fourth-order valence-electron chi connectivity index (χ4n) is 0.176. The Kier molecular flexibility index (Phi) is 2.61. The van der Waals surface area contributed by atoms with Gasteiger partial charge >= 0.3 is 5.97 Å². The minimum Gasteiger partial charge on any atom is -0.477 e. The van der Waals surface area contributed by atoms with E-state index in [1.807, 2.05) is 0 Å². The van der Waals surface area contributed by atoms with Crippen molar-refractivity contribution < 1.29 is 14.7 Å². The second-order valence-corrected chi connectivity index (χ2v) is 1.16. The molecule has 1 N–H and O–H groups in total. The van der Waals surface area contributed by atoms with E-state index in [-0.39, 0.29) is 5.71 Å². The van der Waals surface area contributed by atoms with E-state index in [1.54, 1.807) is 0 Å². The molecule has 0 aliphatic heterocycles. The van der Waals surface area contributed by atoms with E-state index in [9.17, 15) is 4.79 Å². The van der Waals surface area contributed by atoms with Gasteiger partial charge in [-0.3, -0.25) is 0 Å². The van der Waals surface area contributed by atoms with Crippen molar-refractivity contribution in [1.29, 1.82) is 0 Å². The van der Waals surface area contributed by atoms with Gasteiger partial charge in [0.2, 0.25) is 0 Å². The molecule has 0 spiro atoms. The SMILES string of the molecule is CO/N=C(/C)C(=O)O. The molecule has 8 heavy (non-hydrogen) atoms. The van der Waals surface area contributed by atoms with E-state index in [0.29, 0.717) is 0 Å². The Balaban J connectivity index is 3.80. The minimum absolute atomic E-state index is 0.0486. The van der Waals surface area contributed by atoms with Crippen molar-refractivity contribution in [3.8, 4) is 0 Å². The van der Waals surface area contributed by atoms with Crippen LogP contribution in [-0.2, 0) is 9.63 Å². The normalized spacial score (nSPS) is 11.0. The molecule has 4 nitrogen and oxygen atoms in total. The van der Waals surface area contributed by atoms with Crippen LogP contribution in [0.15, 0.2) is 5.16 Å². The lowest BCUT2D eigenvalue weighted by Gasteiger charge is -1.87. The number of carbonyl (C=O) groups is 1. The lowest BCUT2D eigenvalue weighted by molar-refractivity contribution is -0.129. The Hall–Kier alpha value is -1.06. The second kappa shape index (κ2) is 3.01. The van der Waals surface area contributed by atoms with Crippen molar-refractivity contribution in [1.82, 2.24) is 0 Å². The van der Waals surface area contributed by atoms with Crippen LogP contribution in [0.25, 0.3) is 0 Å². The Labute approximate surface area is 46.8 Å². The van der Waals surface area contributed by atoms with Crippen molar-refractivity contribution in [3.05, 3.63) is 0 Å². The lowest BCUT2D eigenvalue weighted by atomic mass is 10.4. The van der Waals surface area contributed by atoms with Gasteiger partial charge in [-0.2, -0.15) is 0 Å². The fourth-order valence-corrected chi connectivity index (χ4v) is 0.176. The highest BCUT2D eigenvalue weighted by atomic mass is 16.6. The van der Waals surface area contributed by atoms with E-state index in [0.717, 1.165) is 0 Å². The summed E-state index contributed by atoms with van der Waals surface area (Å²) in [5, 5.41) is 11.2. The van der Waals surface area contributed by atoms with Crippen LogP contribution in [0, 0.1) is 0 Å². The monoisotopic (exact) mass is 117 g/mol. The first kappa shape index (κ1) is 6.94. The Bertz CT molecular complexity index is 118. The highest BCUT2D eigenvalue weighted by molar-refractivity contribution is 6.34. The molecule has 0 aromatic carbocycles. The third kappa shape index (κ3) is 2.17. The smallest absolute Gasteiger partial charge is 0.353 e. The quantitative estimate of drug-likeness (QED) is 0.412. The van der Waals surface area contributed by atoms with Gasteiger partial charge < -0.3 is 9.94 Å². The van der Waals surface area contributed by atoms with Crippen LogP contribution < -0.4 is 0 Å². The zero-order chi connectivity index (χ0) is 6.57. The number of aliphatic carboxylic acids is 1. The van der Waals surface area contributed by atoms with E-state index < -0.39 is 5.97 Å². The van der Waals surface area contributed by atoms with Gasteiger partial charge in [0.15, 0.2) is 5.71 Å². The molecule has 0 saturated heterocycles. The molecule has 0 atom stereocenters. The number of nitrogens with zero attached hydrogens (tertiary/aromatic N) is 1. The maximum absolute atomic E-state index is 9.88. The van der Waals surface area contributed by atoms with Crippen LogP contribution in [0.4, 0.5) is 0 Å². The molecule has 0 rings (SSSR count). The highest BCUT2D eigenvalue weighted by Crippen LogP contribution is 1.75. The molecule has 0 radical (unpaired) electrons. The Morgan fingerprint density at radius 3 is 2.38 bits per heavy atom. The largest absolute Gasteiger partial charge is 0.477 e. The van der Waals surface area contributed by atoms with Crippen molar-refractivity contribution in [3.63, 3.8) is 0 Å². The topological polar surface area (TPSA) is 58.9 Å². The fraction of sp³-hybridized carbons (Fsp3) is 0.500. The predicted octanol–water partition coefficient (Wildman–Crippen LogP) is 0.0933. The standard InChI is InChI=1S/C4H7NO3/c1-3(4(6)7)5-8-2/h1-2H3,(H,6,7)/b5-3-. The van der Waals surface area contributed by atoms with Crippen molar-refractivity contribution in [2.24, 2.45) is 5.16 Å². The van der Waals surface area contributed by atoms with Gasteiger partial charge in [-0.15, -0.1) is 0 Å². The molecule has 0 aliphatic carbocycles. The molecular weight excluding hydrogens is 110 g/mol. The summed E-state index contributed by atoms with van der Waals surface area (Å²) in [4.78, 5) is 14.1. The van der Waals surface area contributed by atoms with Crippen LogP contribution in [-0.4, -0.2) is 23.9 Å². The third-order valence-electron chi connectivity index (χ3n) is 0.538. The zero-order valence-electron chi connectivity index (χ0n) is 4.71. The predicted molar refractivity (Wildman–Crippen MR) is 27.8 cm³/mol. The number of oxime groups is 1.